The Morgan fingerprint density at radius 2 is 2.06 bits per heavy atom. The van der Waals surface area contributed by atoms with E-state index in [9.17, 15) is 4.79 Å². The van der Waals surface area contributed by atoms with Crippen molar-refractivity contribution in [3.8, 4) is 0 Å². The maximum atomic E-state index is 10.9. The molecule has 0 amide bonds. The Morgan fingerprint density at radius 3 is 2.50 bits per heavy atom. The van der Waals surface area contributed by atoms with Crippen LogP contribution in [0.3, 0.4) is 0 Å². The SMILES string of the molecule is CCCNC(CCOC(C)(C)CC)C(=O)O. The molecule has 0 spiro atoms. The van der Waals surface area contributed by atoms with Gasteiger partial charge in [0.05, 0.1) is 5.60 Å². The van der Waals surface area contributed by atoms with Crippen molar-refractivity contribution in [3.63, 3.8) is 0 Å². The van der Waals surface area contributed by atoms with E-state index < -0.39 is 12.0 Å². The zero-order valence-electron chi connectivity index (χ0n) is 10.9. The predicted molar refractivity (Wildman–Crippen MR) is 64.7 cm³/mol. The number of rotatable bonds is 9. The maximum absolute atomic E-state index is 10.9. The summed E-state index contributed by atoms with van der Waals surface area (Å²) >= 11 is 0. The largest absolute Gasteiger partial charge is 0.480 e. The molecule has 0 bridgehead atoms. The molecule has 0 heterocycles. The Kier molecular flexibility index (Phi) is 7.34. The lowest BCUT2D eigenvalue weighted by atomic mass is 10.1. The fourth-order valence-electron chi connectivity index (χ4n) is 1.19. The summed E-state index contributed by atoms with van der Waals surface area (Å²) in [7, 11) is 0. The summed E-state index contributed by atoms with van der Waals surface area (Å²) in [4.78, 5) is 10.9. The third-order valence-corrected chi connectivity index (χ3v) is 2.69. The first kappa shape index (κ1) is 15.4. The molecule has 0 aliphatic heterocycles. The molecular weight excluding hydrogens is 206 g/mol. The second-order valence-corrected chi connectivity index (χ2v) is 4.60. The van der Waals surface area contributed by atoms with Crippen molar-refractivity contribution in [2.24, 2.45) is 0 Å². The molecule has 4 heteroatoms. The molecule has 0 rings (SSSR count). The fourth-order valence-corrected chi connectivity index (χ4v) is 1.19. The van der Waals surface area contributed by atoms with Gasteiger partial charge < -0.3 is 15.2 Å². The van der Waals surface area contributed by atoms with Gasteiger partial charge in [0.1, 0.15) is 6.04 Å². The van der Waals surface area contributed by atoms with E-state index in [1.54, 1.807) is 0 Å². The van der Waals surface area contributed by atoms with Crippen molar-refractivity contribution < 1.29 is 14.6 Å². The second kappa shape index (κ2) is 7.63. The highest BCUT2D eigenvalue weighted by Crippen LogP contribution is 2.13. The molecule has 96 valence electrons. The number of carboxylic acid groups (broad SMARTS) is 1. The summed E-state index contributed by atoms with van der Waals surface area (Å²) < 4.78 is 5.64. The maximum Gasteiger partial charge on any atom is 0.320 e. The van der Waals surface area contributed by atoms with Crippen LogP contribution in [0.1, 0.15) is 47.0 Å². The smallest absolute Gasteiger partial charge is 0.320 e. The van der Waals surface area contributed by atoms with Gasteiger partial charge in [0.2, 0.25) is 0 Å². The number of ether oxygens (including phenoxy) is 1. The molecule has 2 N–H and O–H groups in total. The van der Waals surface area contributed by atoms with Crippen molar-refractivity contribution in [2.45, 2.75) is 58.6 Å². The third-order valence-electron chi connectivity index (χ3n) is 2.69. The van der Waals surface area contributed by atoms with Gasteiger partial charge in [-0.25, -0.2) is 0 Å². The van der Waals surface area contributed by atoms with Crippen LogP contribution in [0, 0.1) is 0 Å². The van der Waals surface area contributed by atoms with Crippen LogP contribution < -0.4 is 5.32 Å². The molecule has 0 aliphatic rings. The number of carboxylic acids is 1. The molecule has 0 fully saturated rings. The van der Waals surface area contributed by atoms with Crippen LogP contribution in [0.5, 0.6) is 0 Å². The first-order chi connectivity index (χ1) is 7.43. The molecule has 1 unspecified atom stereocenters. The van der Waals surface area contributed by atoms with Gasteiger partial charge in [0, 0.05) is 6.61 Å². The normalized spacial score (nSPS) is 13.8. The lowest BCUT2D eigenvalue weighted by Crippen LogP contribution is -2.38. The molecule has 0 aromatic rings. The summed E-state index contributed by atoms with van der Waals surface area (Å²) in [6.07, 6.45) is 2.37. The topological polar surface area (TPSA) is 58.6 Å². The molecule has 0 saturated carbocycles. The minimum Gasteiger partial charge on any atom is -0.480 e. The van der Waals surface area contributed by atoms with Gasteiger partial charge in [0.25, 0.3) is 0 Å². The minimum absolute atomic E-state index is 0.159. The monoisotopic (exact) mass is 231 g/mol. The average molecular weight is 231 g/mol. The van der Waals surface area contributed by atoms with Gasteiger partial charge in [-0.1, -0.05) is 13.8 Å². The zero-order valence-corrected chi connectivity index (χ0v) is 10.9. The van der Waals surface area contributed by atoms with Crippen molar-refractivity contribution in [3.05, 3.63) is 0 Å². The van der Waals surface area contributed by atoms with E-state index in [1.807, 2.05) is 20.8 Å². The number of nitrogens with one attached hydrogen (secondary N) is 1. The molecular formula is C12H25NO3. The van der Waals surface area contributed by atoms with Crippen LogP contribution in [0.15, 0.2) is 0 Å². The van der Waals surface area contributed by atoms with Gasteiger partial charge in [-0.15, -0.1) is 0 Å². The standard InChI is InChI=1S/C12H25NO3/c1-5-8-13-10(11(14)15)7-9-16-12(3,4)6-2/h10,13H,5-9H2,1-4H3,(H,14,15). The summed E-state index contributed by atoms with van der Waals surface area (Å²) in [6, 6.07) is -0.493. The predicted octanol–water partition coefficient (Wildman–Crippen LogP) is 2.03. The van der Waals surface area contributed by atoms with Gasteiger partial charge in [-0.3, -0.25) is 4.79 Å². The highest BCUT2D eigenvalue weighted by Gasteiger charge is 2.19. The van der Waals surface area contributed by atoms with E-state index in [0.29, 0.717) is 13.0 Å². The Labute approximate surface area is 98.4 Å². The van der Waals surface area contributed by atoms with Gasteiger partial charge in [-0.2, -0.15) is 0 Å². The number of carbonyl (C=O) groups is 1. The Bertz CT molecular complexity index is 204. The molecule has 0 radical (unpaired) electrons. The highest BCUT2D eigenvalue weighted by molar-refractivity contribution is 5.73. The fraction of sp³-hybridized carbons (Fsp3) is 0.917. The Hall–Kier alpha value is -0.610. The first-order valence-electron chi connectivity index (χ1n) is 6.03. The second-order valence-electron chi connectivity index (χ2n) is 4.60. The van der Waals surface area contributed by atoms with E-state index in [1.165, 1.54) is 0 Å². The Morgan fingerprint density at radius 1 is 1.44 bits per heavy atom. The highest BCUT2D eigenvalue weighted by atomic mass is 16.5. The summed E-state index contributed by atoms with van der Waals surface area (Å²) in [5.41, 5.74) is -0.159. The lowest BCUT2D eigenvalue weighted by molar-refractivity contribution is -0.140. The minimum atomic E-state index is -0.800. The van der Waals surface area contributed by atoms with E-state index in [4.69, 9.17) is 9.84 Å². The quantitative estimate of drug-likeness (QED) is 0.637. The lowest BCUT2D eigenvalue weighted by Gasteiger charge is -2.24. The molecule has 0 saturated heterocycles. The van der Waals surface area contributed by atoms with Crippen molar-refractivity contribution in [2.75, 3.05) is 13.2 Å². The molecule has 0 aliphatic carbocycles. The number of hydrogen-bond donors (Lipinski definition) is 2. The van der Waals surface area contributed by atoms with Crippen LogP contribution >= 0.6 is 0 Å². The summed E-state index contributed by atoms with van der Waals surface area (Å²) in [5, 5.41) is 12.0. The third kappa shape index (κ3) is 6.80. The van der Waals surface area contributed by atoms with Gasteiger partial charge in [0.15, 0.2) is 0 Å². The molecule has 1 atom stereocenters. The summed E-state index contributed by atoms with van der Waals surface area (Å²) in [6.45, 7) is 9.32. The van der Waals surface area contributed by atoms with Crippen molar-refractivity contribution in [1.29, 1.82) is 0 Å². The molecule has 0 aromatic heterocycles. The van der Waals surface area contributed by atoms with Crippen molar-refractivity contribution in [1.82, 2.24) is 5.32 Å². The molecule has 4 nitrogen and oxygen atoms in total. The van der Waals surface area contributed by atoms with E-state index >= 15 is 0 Å². The zero-order chi connectivity index (χ0) is 12.6. The van der Waals surface area contributed by atoms with Crippen molar-refractivity contribution >= 4 is 5.97 Å². The van der Waals surface area contributed by atoms with Crippen LogP contribution in [0.2, 0.25) is 0 Å². The van der Waals surface area contributed by atoms with Gasteiger partial charge >= 0.3 is 5.97 Å². The van der Waals surface area contributed by atoms with Gasteiger partial charge in [-0.05, 0) is 39.7 Å². The summed E-state index contributed by atoms with van der Waals surface area (Å²) in [5.74, 6) is -0.800. The van der Waals surface area contributed by atoms with Crippen LogP contribution in [0.4, 0.5) is 0 Å². The first-order valence-corrected chi connectivity index (χ1v) is 6.03. The van der Waals surface area contributed by atoms with E-state index in [0.717, 1.165) is 19.4 Å². The molecule has 16 heavy (non-hydrogen) atoms. The number of hydrogen-bond acceptors (Lipinski definition) is 3. The van der Waals surface area contributed by atoms with Crippen LogP contribution in [-0.2, 0) is 9.53 Å². The van der Waals surface area contributed by atoms with E-state index in [-0.39, 0.29) is 5.60 Å². The van der Waals surface area contributed by atoms with E-state index in [2.05, 4.69) is 12.2 Å². The van der Waals surface area contributed by atoms with Crippen LogP contribution in [0.25, 0.3) is 0 Å². The Balaban J connectivity index is 3.89. The van der Waals surface area contributed by atoms with Crippen LogP contribution in [-0.4, -0.2) is 35.9 Å². The number of aliphatic carboxylic acids is 1. The average Bonchev–Trinajstić information content (AvgIpc) is 2.22. The molecule has 0 aromatic carbocycles.